The number of para-hydroxylation sites is 2. The molecule has 0 saturated carbocycles. The summed E-state index contributed by atoms with van der Waals surface area (Å²) in [6, 6.07) is 20.7. The number of methoxy groups -OCH3 is 1. The Morgan fingerprint density at radius 1 is 0.944 bits per heavy atom. The Hall–Kier alpha value is -4.03. The van der Waals surface area contributed by atoms with Crippen molar-refractivity contribution in [3.05, 3.63) is 72.3 Å². The highest BCUT2D eigenvalue weighted by molar-refractivity contribution is 7.92. The Morgan fingerprint density at radius 2 is 1.67 bits per heavy atom. The Balaban J connectivity index is 1.68. The SMILES string of the molecule is COc1cc(N=Nc2sc(Nc3ccccc3)n[n+]2C)c(NS(C)(=O)=O)cc1Nc1ccccc1C. The van der Waals surface area contributed by atoms with Crippen LogP contribution in [0, 0.1) is 6.92 Å². The molecule has 0 saturated heterocycles. The quantitative estimate of drug-likeness (QED) is 0.195. The third-order valence-electron chi connectivity index (χ3n) is 5.00. The smallest absolute Gasteiger partial charge is 0.431 e. The zero-order chi connectivity index (χ0) is 25.7. The second-order valence-electron chi connectivity index (χ2n) is 7.89. The molecule has 0 unspecified atom stereocenters. The van der Waals surface area contributed by atoms with E-state index in [-0.39, 0.29) is 5.69 Å². The van der Waals surface area contributed by atoms with Gasteiger partial charge in [-0.25, -0.2) is 8.42 Å². The number of rotatable bonds is 9. The monoisotopic (exact) mass is 524 g/mol. The molecule has 1 heterocycles. The lowest BCUT2D eigenvalue weighted by atomic mass is 10.1. The van der Waals surface area contributed by atoms with Crippen molar-refractivity contribution in [3.63, 3.8) is 0 Å². The largest absolute Gasteiger partial charge is 0.494 e. The molecule has 10 nitrogen and oxygen atoms in total. The van der Waals surface area contributed by atoms with Crippen LogP contribution in [0.4, 0.5) is 38.7 Å². The fourth-order valence-electron chi connectivity index (χ4n) is 3.29. The molecule has 4 aromatic rings. The molecule has 4 rings (SSSR count). The van der Waals surface area contributed by atoms with Crippen molar-refractivity contribution in [1.82, 2.24) is 5.10 Å². The Morgan fingerprint density at radius 3 is 2.36 bits per heavy atom. The summed E-state index contributed by atoms with van der Waals surface area (Å²) in [5.41, 5.74) is 3.92. The van der Waals surface area contributed by atoms with Gasteiger partial charge in [-0.3, -0.25) is 4.72 Å². The predicted octanol–water partition coefficient (Wildman–Crippen LogP) is 5.56. The van der Waals surface area contributed by atoms with Gasteiger partial charge in [-0.15, -0.1) is 4.68 Å². The number of hydrogen-bond donors (Lipinski definition) is 3. The van der Waals surface area contributed by atoms with Gasteiger partial charge < -0.3 is 15.4 Å². The molecule has 0 spiro atoms. The third kappa shape index (κ3) is 6.34. The number of azo groups is 1. The van der Waals surface area contributed by atoms with Crippen LogP contribution in [0.3, 0.4) is 0 Å². The van der Waals surface area contributed by atoms with E-state index in [0.717, 1.165) is 23.2 Å². The van der Waals surface area contributed by atoms with E-state index in [1.165, 1.54) is 18.4 Å². The van der Waals surface area contributed by atoms with Crippen molar-refractivity contribution in [2.75, 3.05) is 28.7 Å². The molecule has 36 heavy (non-hydrogen) atoms. The molecule has 0 bridgehead atoms. The lowest BCUT2D eigenvalue weighted by Gasteiger charge is -2.16. The second kappa shape index (κ2) is 10.7. The summed E-state index contributed by atoms with van der Waals surface area (Å²) in [7, 11) is -0.292. The summed E-state index contributed by atoms with van der Waals surface area (Å²) in [5, 5.41) is 20.8. The molecule has 0 radical (unpaired) electrons. The van der Waals surface area contributed by atoms with Crippen molar-refractivity contribution in [3.8, 4) is 5.75 Å². The first-order valence-corrected chi connectivity index (χ1v) is 13.6. The maximum absolute atomic E-state index is 12.1. The second-order valence-corrected chi connectivity index (χ2v) is 10.6. The predicted molar refractivity (Wildman–Crippen MR) is 143 cm³/mol. The van der Waals surface area contributed by atoms with Gasteiger partial charge in [0.25, 0.3) is 0 Å². The first-order valence-electron chi connectivity index (χ1n) is 10.9. The van der Waals surface area contributed by atoms with Gasteiger partial charge in [0.05, 0.1) is 29.9 Å². The van der Waals surface area contributed by atoms with E-state index < -0.39 is 10.0 Å². The minimum atomic E-state index is -3.58. The molecule has 3 aromatic carbocycles. The first-order chi connectivity index (χ1) is 17.2. The third-order valence-corrected chi connectivity index (χ3v) is 6.50. The Bertz CT molecular complexity index is 1500. The van der Waals surface area contributed by atoms with E-state index in [4.69, 9.17) is 4.74 Å². The summed E-state index contributed by atoms with van der Waals surface area (Å²) in [6.07, 6.45) is 1.08. The van der Waals surface area contributed by atoms with Gasteiger partial charge in [0.2, 0.25) is 15.2 Å². The molecule has 186 valence electrons. The number of ether oxygens (including phenoxy) is 1. The average Bonchev–Trinajstić information content (AvgIpc) is 3.18. The van der Waals surface area contributed by atoms with Crippen LogP contribution in [-0.2, 0) is 17.1 Å². The fraction of sp³-hybridized carbons (Fsp3) is 0.167. The lowest BCUT2D eigenvalue weighted by Crippen LogP contribution is -2.29. The van der Waals surface area contributed by atoms with Gasteiger partial charge in [0.1, 0.15) is 18.5 Å². The Labute approximate surface area is 213 Å². The van der Waals surface area contributed by atoms with E-state index in [1.807, 2.05) is 61.5 Å². The summed E-state index contributed by atoms with van der Waals surface area (Å²) in [6.45, 7) is 1.98. The van der Waals surface area contributed by atoms with Crippen LogP contribution in [0.25, 0.3) is 0 Å². The molecule has 3 N–H and O–H groups in total. The summed E-state index contributed by atoms with van der Waals surface area (Å²) < 4.78 is 33.8. The average molecular weight is 525 g/mol. The van der Waals surface area contributed by atoms with Crippen LogP contribution >= 0.6 is 11.3 Å². The summed E-state index contributed by atoms with van der Waals surface area (Å²) >= 11 is 1.31. The number of nitrogens with zero attached hydrogens (tertiary/aromatic N) is 4. The molecule has 1 aromatic heterocycles. The minimum Gasteiger partial charge on any atom is -0.494 e. The van der Waals surface area contributed by atoms with Crippen LogP contribution < -0.4 is 24.8 Å². The number of aromatic nitrogens is 2. The van der Waals surface area contributed by atoms with Crippen molar-refractivity contribution in [1.29, 1.82) is 0 Å². The molecule has 12 heteroatoms. The standard InChI is InChI=1S/C24H25N7O3S2/c1-16-10-8-9-13-18(16)26-21-14-20(30-36(4,32)33)19(15-22(21)34-3)27-28-24-31(2)29-23(35-24)25-17-11-6-5-7-12-17/h5-15H,1-4H3,(H2,25,26,29,30)/p+1. The van der Waals surface area contributed by atoms with E-state index in [2.05, 4.69) is 30.7 Å². The normalized spacial score (nSPS) is 11.4. The zero-order valence-electron chi connectivity index (χ0n) is 20.2. The van der Waals surface area contributed by atoms with Gasteiger partial charge in [0.15, 0.2) is 0 Å². The van der Waals surface area contributed by atoms with Crippen LogP contribution in [0.1, 0.15) is 5.56 Å². The number of hydrogen-bond acceptors (Lipinski definition) is 9. The molecule has 0 aliphatic carbocycles. The number of nitrogens with one attached hydrogen (secondary N) is 3. The number of aryl methyl sites for hydroxylation is 2. The highest BCUT2D eigenvalue weighted by Gasteiger charge is 2.19. The van der Waals surface area contributed by atoms with Gasteiger partial charge in [-0.05, 0) is 53.2 Å². The van der Waals surface area contributed by atoms with Crippen molar-refractivity contribution in [2.45, 2.75) is 6.92 Å². The molecular weight excluding hydrogens is 498 g/mol. The summed E-state index contributed by atoms with van der Waals surface area (Å²) in [5.74, 6) is 0.478. The first kappa shape index (κ1) is 25.1. The van der Waals surface area contributed by atoms with Crippen molar-refractivity contribution in [2.24, 2.45) is 17.3 Å². The van der Waals surface area contributed by atoms with Gasteiger partial charge >= 0.3 is 5.13 Å². The molecule has 0 aliphatic heterocycles. The van der Waals surface area contributed by atoms with Crippen LogP contribution in [0.2, 0.25) is 0 Å². The van der Waals surface area contributed by atoms with E-state index in [0.29, 0.717) is 27.4 Å². The van der Waals surface area contributed by atoms with E-state index >= 15 is 0 Å². The highest BCUT2D eigenvalue weighted by atomic mass is 32.2. The lowest BCUT2D eigenvalue weighted by molar-refractivity contribution is -0.712. The topological polar surface area (TPSA) is 121 Å². The van der Waals surface area contributed by atoms with Gasteiger partial charge in [-0.2, -0.15) is 0 Å². The van der Waals surface area contributed by atoms with Crippen LogP contribution in [0.5, 0.6) is 5.75 Å². The van der Waals surface area contributed by atoms with E-state index in [9.17, 15) is 8.42 Å². The number of sulfonamides is 1. The van der Waals surface area contributed by atoms with Crippen LogP contribution in [-0.4, -0.2) is 26.9 Å². The molecule has 0 atom stereocenters. The van der Waals surface area contributed by atoms with Crippen molar-refractivity contribution < 1.29 is 17.8 Å². The van der Waals surface area contributed by atoms with Crippen LogP contribution in [0.15, 0.2) is 77.0 Å². The Kier molecular flexibility index (Phi) is 7.46. The maximum Gasteiger partial charge on any atom is 0.431 e. The highest BCUT2D eigenvalue weighted by Crippen LogP contribution is 2.39. The molecular formula is C24H26N7O3S2+. The number of benzene rings is 3. The molecule has 0 amide bonds. The summed E-state index contributed by atoms with van der Waals surface area (Å²) in [4.78, 5) is 0. The van der Waals surface area contributed by atoms with Gasteiger partial charge in [-0.1, -0.05) is 41.5 Å². The maximum atomic E-state index is 12.1. The zero-order valence-corrected chi connectivity index (χ0v) is 21.8. The van der Waals surface area contributed by atoms with Gasteiger partial charge in [0, 0.05) is 17.4 Å². The molecule has 0 fully saturated rings. The van der Waals surface area contributed by atoms with E-state index in [1.54, 1.807) is 23.9 Å². The fourth-order valence-corrected chi connectivity index (χ4v) is 4.61. The number of anilines is 5. The van der Waals surface area contributed by atoms with Crippen molar-refractivity contribution >= 4 is 60.1 Å². The minimum absolute atomic E-state index is 0.257. The molecule has 0 aliphatic rings.